The standard InChI is InChI=1S/C17H11BrN2O4/c1-9(21)15-16(19-11-4-2-10(18)3-5-11)13-7-6-12(20(23)24)8-14(13)17(15)22/h2-8,15H,1H3. The van der Waals surface area contributed by atoms with Gasteiger partial charge in [-0.3, -0.25) is 24.7 Å². The summed E-state index contributed by atoms with van der Waals surface area (Å²) in [5.74, 6) is -1.81. The van der Waals surface area contributed by atoms with E-state index in [1.54, 1.807) is 24.3 Å². The third kappa shape index (κ3) is 2.78. The van der Waals surface area contributed by atoms with Crippen LogP contribution in [0.5, 0.6) is 0 Å². The van der Waals surface area contributed by atoms with E-state index in [1.165, 1.54) is 25.1 Å². The first kappa shape index (κ1) is 16.2. The maximum absolute atomic E-state index is 12.5. The molecule has 0 heterocycles. The van der Waals surface area contributed by atoms with Crippen molar-refractivity contribution in [3.63, 3.8) is 0 Å². The van der Waals surface area contributed by atoms with Crippen molar-refractivity contribution in [1.29, 1.82) is 0 Å². The van der Waals surface area contributed by atoms with Crippen LogP contribution in [0.1, 0.15) is 22.8 Å². The maximum Gasteiger partial charge on any atom is 0.270 e. The number of benzene rings is 2. The number of carbonyl (C=O) groups excluding carboxylic acids is 2. The number of ketones is 2. The molecule has 6 nitrogen and oxygen atoms in total. The van der Waals surface area contributed by atoms with Crippen LogP contribution in [-0.2, 0) is 4.79 Å². The lowest BCUT2D eigenvalue weighted by Gasteiger charge is -2.06. The summed E-state index contributed by atoms with van der Waals surface area (Å²) in [7, 11) is 0. The smallest absolute Gasteiger partial charge is 0.270 e. The molecule has 1 aliphatic carbocycles. The molecule has 0 aliphatic heterocycles. The average Bonchev–Trinajstić information content (AvgIpc) is 2.81. The molecule has 1 atom stereocenters. The quantitative estimate of drug-likeness (QED) is 0.454. The minimum Gasteiger partial charge on any atom is -0.299 e. The minimum absolute atomic E-state index is 0.167. The number of nitrogens with zero attached hydrogens (tertiary/aromatic N) is 2. The van der Waals surface area contributed by atoms with Crippen LogP contribution in [0, 0.1) is 16.0 Å². The number of hydrogen-bond donors (Lipinski definition) is 0. The normalized spacial score (nSPS) is 17.8. The van der Waals surface area contributed by atoms with E-state index in [0.29, 0.717) is 17.0 Å². The van der Waals surface area contributed by atoms with Crippen LogP contribution in [0.2, 0.25) is 0 Å². The van der Waals surface area contributed by atoms with Crippen molar-refractivity contribution in [1.82, 2.24) is 0 Å². The molecule has 0 fully saturated rings. The molecule has 0 aromatic heterocycles. The van der Waals surface area contributed by atoms with Crippen LogP contribution in [0.25, 0.3) is 0 Å². The molecule has 24 heavy (non-hydrogen) atoms. The second-order valence-corrected chi connectivity index (χ2v) is 6.28. The summed E-state index contributed by atoms with van der Waals surface area (Å²) in [6, 6.07) is 11.1. The third-order valence-electron chi connectivity index (χ3n) is 3.77. The van der Waals surface area contributed by atoms with Gasteiger partial charge in [-0.1, -0.05) is 15.9 Å². The Kier molecular flexibility index (Phi) is 4.11. The zero-order valence-electron chi connectivity index (χ0n) is 12.5. The molecule has 120 valence electrons. The van der Waals surface area contributed by atoms with Crippen molar-refractivity contribution < 1.29 is 14.5 Å². The van der Waals surface area contributed by atoms with Gasteiger partial charge in [-0.15, -0.1) is 0 Å². The molecule has 1 aliphatic rings. The Labute approximate surface area is 145 Å². The number of non-ortho nitro benzene ring substituents is 1. The molecule has 7 heteroatoms. The Morgan fingerprint density at radius 2 is 1.83 bits per heavy atom. The van der Waals surface area contributed by atoms with E-state index >= 15 is 0 Å². The van der Waals surface area contributed by atoms with Crippen LogP contribution >= 0.6 is 15.9 Å². The van der Waals surface area contributed by atoms with Crippen molar-refractivity contribution in [2.45, 2.75) is 6.92 Å². The number of halogens is 1. The summed E-state index contributed by atoms with van der Waals surface area (Å²) in [5.41, 5.74) is 1.38. The molecule has 0 saturated carbocycles. The molecular formula is C17H11BrN2O4. The topological polar surface area (TPSA) is 89.6 Å². The highest BCUT2D eigenvalue weighted by Crippen LogP contribution is 2.33. The molecule has 0 N–H and O–H groups in total. The Hall–Kier alpha value is -2.67. The van der Waals surface area contributed by atoms with Crippen molar-refractivity contribution in [2.75, 3.05) is 0 Å². The van der Waals surface area contributed by atoms with Gasteiger partial charge < -0.3 is 0 Å². The zero-order chi connectivity index (χ0) is 17.4. The molecule has 3 rings (SSSR count). The minimum atomic E-state index is -1.02. The molecular weight excluding hydrogens is 376 g/mol. The predicted molar refractivity (Wildman–Crippen MR) is 91.9 cm³/mol. The molecule has 2 aromatic rings. The predicted octanol–water partition coefficient (Wildman–Crippen LogP) is 3.88. The Bertz CT molecular complexity index is 903. The highest BCUT2D eigenvalue weighted by molar-refractivity contribution is 9.10. The summed E-state index contributed by atoms with van der Waals surface area (Å²) < 4.78 is 0.882. The zero-order valence-corrected chi connectivity index (χ0v) is 14.1. The summed E-state index contributed by atoms with van der Waals surface area (Å²) >= 11 is 3.33. The number of aliphatic imine (C=N–C) groups is 1. The maximum atomic E-state index is 12.5. The van der Waals surface area contributed by atoms with E-state index in [9.17, 15) is 19.7 Å². The first-order valence-corrected chi connectivity index (χ1v) is 7.85. The number of fused-ring (bicyclic) bond motifs is 1. The molecule has 0 amide bonds. The van der Waals surface area contributed by atoms with Gasteiger partial charge >= 0.3 is 0 Å². The number of nitro groups is 1. The van der Waals surface area contributed by atoms with Gasteiger partial charge in [0.2, 0.25) is 0 Å². The molecule has 0 bridgehead atoms. The number of rotatable bonds is 3. The molecule has 2 aromatic carbocycles. The van der Waals surface area contributed by atoms with Gasteiger partial charge in [0.15, 0.2) is 5.78 Å². The number of hydrogen-bond acceptors (Lipinski definition) is 5. The summed E-state index contributed by atoms with van der Waals surface area (Å²) in [4.78, 5) is 39.3. The summed E-state index contributed by atoms with van der Waals surface area (Å²) in [5, 5.41) is 10.9. The van der Waals surface area contributed by atoms with Gasteiger partial charge in [-0.05, 0) is 37.3 Å². The first-order valence-electron chi connectivity index (χ1n) is 7.06. The summed E-state index contributed by atoms with van der Waals surface area (Å²) in [6.45, 7) is 1.32. The second kappa shape index (κ2) is 6.09. The SMILES string of the molecule is CC(=O)C1C(=O)c2cc([N+](=O)[O-])ccc2C1=Nc1ccc(Br)cc1. The number of nitro benzene ring substituents is 1. The Balaban J connectivity index is 2.17. The van der Waals surface area contributed by atoms with Crippen LogP contribution in [0.3, 0.4) is 0 Å². The van der Waals surface area contributed by atoms with E-state index in [0.717, 1.165) is 4.47 Å². The monoisotopic (exact) mass is 386 g/mol. The van der Waals surface area contributed by atoms with Gasteiger partial charge in [0.25, 0.3) is 5.69 Å². The first-order chi connectivity index (χ1) is 11.4. The van der Waals surface area contributed by atoms with Crippen LogP contribution in [0.4, 0.5) is 11.4 Å². The van der Waals surface area contributed by atoms with Gasteiger partial charge in [0.05, 0.1) is 16.3 Å². The van der Waals surface area contributed by atoms with Gasteiger partial charge in [-0.25, -0.2) is 0 Å². The summed E-state index contributed by atoms with van der Waals surface area (Å²) in [6.07, 6.45) is 0. The average molecular weight is 387 g/mol. The lowest BCUT2D eigenvalue weighted by molar-refractivity contribution is -0.384. The molecule has 0 spiro atoms. The molecule has 0 radical (unpaired) electrons. The van der Waals surface area contributed by atoms with E-state index in [-0.39, 0.29) is 17.0 Å². The van der Waals surface area contributed by atoms with Gasteiger partial charge in [0, 0.05) is 27.7 Å². The van der Waals surface area contributed by atoms with E-state index in [4.69, 9.17) is 0 Å². The van der Waals surface area contributed by atoms with Crippen LogP contribution < -0.4 is 0 Å². The Morgan fingerprint density at radius 1 is 1.17 bits per heavy atom. The fourth-order valence-corrected chi connectivity index (χ4v) is 2.93. The fraction of sp³-hybridized carbons (Fsp3) is 0.118. The van der Waals surface area contributed by atoms with Crippen LogP contribution in [0.15, 0.2) is 51.9 Å². The van der Waals surface area contributed by atoms with Crippen molar-refractivity contribution in [3.05, 3.63) is 68.2 Å². The Morgan fingerprint density at radius 3 is 2.42 bits per heavy atom. The lowest BCUT2D eigenvalue weighted by atomic mass is 9.99. The lowest BCUT2D eigenvalue weighted by Crippen LogP contribution is -2.23. The second-order valence-electron chi connectivity index (χ2n) is 5.37. The van der Waals surface area contributed by atoms with Crippen molar-refractivity contribution >= 4 is 44.6 Å². The fourth-order valence-electron chi connectivity index (χ4n) is 2.66. The van der Waals surface area contributed by atoms with Gasteiger partial charge in [-0.2, -0.15) is 0 Å². The van der Waals surface area contributed by atoms with Gasteiger partial charge in [0.1, 0.15) is 11.7 Å². The van der Waals surface area contributed by atoms with Crippen molar-refractivity contribution in [2.24, 2.45) is 10.9 Å². The van der Waals surface area contributed by atoms with Crippen molar-refractivity contribution in [3.8, 4) is 0 Å². The number of Topliss-reactive ketones (excluding diaryl/α,β-unsaturated/α-hetero) is 2. The molecule has 1 unspecified atom stereocenters. The number of carbonyl (C=O) groups is 2. The molecule has 0 saturated heterocycles. The highest BCUT2D eigenvalue weighted by atomic mass is 79.9. The highest BCUT2D eigenvalue weighted by Gasteiger charge is 2.40. The van der Waals surface area contributed by atoms with E-state index in [2.05, 4.69) is 20.9 Å². The van der Waals surface area contributed by atoms with Crippen LogP contribution in [-0.4, -0.2) is 22.2 Å². The third-order valence-corrected chi connectivity index (χ3v) is 4.30. The van der Waals surface area contributed by atoms with E-state index in [1.807, 2.05) is 0 Å². The largest absolute Gasteiger partial charge is 0.299 e. The van der Waals surface area contributed by atoms with E-state index < -0.39 is 16.6 Å².